The van der Waals surface area contributed by atoms with Crippen molar-refractivity contribution >= 4 is 18.1 Å². The van der Waals surface area contributed by atoms with Crippen molar-refractivity contribution in [2.45, 2.75) is 65.1 Å². The average molecular weight is 494 g/mol. The van der Waals surface area contributed by atoms with E-state index in [4.69, 9.17) is 0 Å². The Morgan fingerprint density at radius 2 is 2.06 bits per heavy atom. The van der Waals surface area contributed by atoms with Crippen LogP contribution in [0.4, 0.5) is 10.6 Å². The summed E-state index contributed by atoms with van der Waals surface area (Å²) in [5, 5.41) is 32.6. The number of aliphatic hydroxyl groups excluding tert-OH is 1. The number of rotatable bonds is 7. The number of fused-ring (bicyclic) bond motifs is 1. The Labute approximate surface area is 212 Å². The molecule has 3 heterocycles. The van der Waals surface area contributed by atoms with Gasteiger partial charge in [-0.3, -0.25) is 9.69 Å². The second kappa shape index (κ2) is 12.0. The molecule has 0 unspecified atom stereocenters. The fourth-order valence-electron chi connectivity index (χ4n) is 4.45. The van der Waals surface area contributed by atoms with Gasteiger partial charge in [0.15, 0.2) is 6.29 Å². The Balaban J connectivity index is 1.89. The first-order chi connectivity index (χ1) is 17.2. The molecule has 1 aromatic rings. The number of nitriles is 1. The number of nitrogens with one attached hydrogen (secondary N) is 1. The number of urea groups is 1. The number of aromatic nitrogens is 1. The van der Waals surface area contributed by atoms with Gasteiger partial charge in [-0.05, 0) is 69.7 Å². The molecular formula is C27H35N5O4. The van der Waals surface area contributed by atoms with E-state index in [1.54, 1.807) is 25.1 Å². The molecule has 192 valence electrons. The van der Waals surface area contributed by atoms with Gasteiger partial charge >= 0.3 is 6.03 Å². The van der Waals surface area contributed by atoms with Gasteiger partial charge < -0.3 is 20.4 Å². The summed E-state index contributed by atoms with van der Waals surface area (Å²) in [7, 11) is 0. The maximum Gasteiger partial charge on any atom is 0.327 e. The summed E-state index contributed by atoms with van der Waals surface area (Å²) in [6.07, 6.45) is 9.47. The van der Waals surface area contributed by atoms with Crippen LogP contribution >= 0.6 is 0 Å². The zero-order chi connectivity index (χ0) is 26.3. The number of aldehydes is 1. The molecule has 0 spiro atoms. The molecule has 1 saturated heterocycles. The number of hydrogen-bond donors (Lipinski definition) is 3. The number of amides is 2. The van der Waals surface area contributed by atoms with E-state index in [-0.39, 0.29) is 18.3 Å². The van der Waals surface area contributed by atoms with Crippen LogP contribution in [0, 0.1) is 11.3 Å². The van der Waals surface area contributed by atoms with E-state index in [0.29, 0.717) is 73.5 Å². The summed E-state index contributed by atoms with van der Waals surface area (Å²) in [6.45, 7) is 6.92. The molecular weight excluding hydrogens is 458 g/mol. The van der Waals surface area contributed by atoms with Crippen molar-refractivity contribution in [2.24, 2.45) is 0 Å². The van der Waals surface area contributed by atoms with Gasteiger partial charge in [-0.15, -0.1) is 0 Å². The molecule has 36 heavy (non-hydrogen) atoms. The number of carbonyl (C=O) groups excluding carboxylic acids is 2. The monoisotopic (exact) mass is 493 g/mol. The lowest BCUT2D eigenvalue weighted by molar-refractivity contribution is 0.00355. The summed E-state index contributed by atoms with van der Waals surface area (Å²) in [4.78, 5) is 32.6. The lowest BCUT2D eigenvalue weighted by Gasteiger charge is -2.38. The first kappa shape index (κ1) is 27.1. The fraction of sp³-hybridized carbons (Fsp3) is 0.481. The summed E-state index contributed by atoms with van der Waals surface area (Å²) in [5.41, 5.74) is 2.39. The molecule has 9 nitrogen and oxygen atoms in total. The summed E-state index contributed by atoms with van der Waals surface area (Å²) in [6, 6.07) is 3.63. The lowest BCUT2D eigenvalue weighted by atomic mass is 9.93. The third-order valence-electron chi connectivity index (χ3n) is 6.56. The van der Waals surface area contributed by atoms with E-state index in [1.165, 1.54) is 4.90 Å². The van der Waals surface area contributed by atoms with E-state index < -0.39 is 5.60 Å². The van der Waals surface area contributed by atoms with Gasteiger partial charge in [-0.25, -0.2) is 9.78 Å². The highest BCUT2D eigenvalue weighted by Crippen LogP contribution is 2.28. The summed E-state index contributed by atoms with van der Waals surface area (Å²) < 4.78 is 0. The normalized spacial score (nSPS) is 18.4. The fourth-order valence-corrected chi connectivity index (χ4v) is 4.45. The molecule has 3 N–H and O–H groups in total. The Kier molecular flexibility index (Phi) is 9.02. The molecule has 0 radical (unpaired) electrons. The number of pyridine rings is 1. The number of aryl methyl sites for hydroxylation is 1. The second-order valence-electron chi connectivity index (χ2n) is 9.51. The highest BCUT2D eigenvalue weighted by Gasteiger charge is 2.29. The first-order valence-electron chi connectivity index (χ1n) is 12.4. The zero-order valence-electron chi connectivity index (χ0n) is 21.3. The average Bonchev–Trinajstić information content (AvgIpc) is 2.87. The predicted molar refractivity (Wildman–Crippen MR) is 137 cm³/mol. The largest absolute Gasteiger partial charge is 0.392 e. The predicted octanol–water partition coefficient (Wildman–Crippen LogP) is 3.34. The molecule has 2 aliphatic heterocycles. The number of aliphatic hydroxyl groups is 2. The Bertz CT molecular complexity index is 1120. The van der Waals surface area contributed by atoms with Crippen LogP contribution < -0.4 is 10.2 Å². The van der Waals surface area contributed by atoms with Crippen molar-refractivity contribution < 1.29 is 19.8 Å². The molecule has 1 aromatic heterocycles. The highest BCUT2D eigenvalue weighted by molar-refractivity contribution is 5.93. The third kappa shape index (κ3) is 6.39. The Morgan fingerprint density at radius 1 is 1.33 bits per heavy atom. The second-order valence-corrected chi connectivity index (χ2v) is 9.51. The van der Waals surface area contributed by atoms with E-state index in [1.807, 2.05) is 19.9 Å². The van der Waals surface area contributed by atoms with E-state index in [2.05, 4.69) is 21.3 Å². The SMILES string of the molecule is CC/C=C/C(C#N)=C(\C=C(/C)NC(=O)N1CCCc2cc(CO)c(C=O)nc21)N1CCC(C)(O)CC1. The summed E-state index contributed by atoms with van der Waals surface area (Å²) in [5.74, 6) is 0.420. The molecule has 3 rings (SSSR count). The highest BCUT2D eigenvalue weighted by atomic mass is 16.3. The van der Waals surface area contributed by atoms with Gasteiger partial charge in [0.1, 0.15) is 17.6 Å². The topological polar surface area (TPSA) is 130 Å². The van der Waals surface area contributed by atoms with Crippen LogP contribution in [-0.4, -0.2) is 57.6 Å². The van der Waals surface area contributed by atoms with Crippen LogP contribution in [0.3, 0.4) is 0 Å². The number of piperidine rings is 1. The van der Waals surface area contributed by atoms with Gasteiger partial charge in [-0.1, -0.05) is 13.0 Å². The van der Waals surface area contributed by atoms with Crippen LogP contribution in [-0.2, 0) is 13.0 Å². The van der Waals surface area contributed by atoms with Gasteiger partial charge in [0.25, 0.3) is 0 Å². The minimum atomic E-state index is -0.731. The van der Waals surface area contributed by atoms with Crippen molar-refractivity contribution in [3.63, 3.8) is 0 Å². The molecule has 1 fully saturated rings. The van der Waals surface area contributed by atoms with Crippen molar-refractivity contribution in [1.29, 1.82) is 5.26 Å². The Morgan fingerprint density at radius 3 is 2.67 bits per heavy atom. The number of carbonyl (C=O) groups is 2. The number of likely N-dealkylation sites (tertiary alicyclic amines) is 1. The quantitative estimate of drug-likeness (QED) is 0.302. The molecule has 9 heteroatoms. The maximum atomic E-state index is 13.2. The van der Waals surface area contributed by atoms with Crippen LogP contribution in [0.15, 0.2) is 41.3 Å². The first-order valence-corrected chi connectivity index (χ1v) is 12.4. The molecule has 2 amide bonds. The molecule has 0 aromatic carbocycles. The lowest BCUT2D eigenvalue weighted by Crippen LogP contribution is -2.43. The molecule has 2 aliphatic rings. The molecule has 0 bridgehead atoms. The van der Waals surface area contributed by atoms with E-state index in [9.17, 15) is 25.1 Å². The van der Waals surface area contributed by atoms with Crippen LogP contribution in [0.25, 0.3) is 0 Å². The van der Waals surface area contributed by atoms with E-state index in [0.717, 1.165) is 18.4 Å². The number of nitrogens with zero attached hydrogens (tertiary/aromatic N) is 4. The maximum absolute atomic E-state index is 13.2. The molecule has 0 saturated carbocycles. The minimum absolute atomic E-state index is 0.121. The zero-order valence-corrected chi connectivity index (χ0v) is 21.3. The number of allylic oxidation sites excluding steroid dienone is 5. The van der Waals surface area contributed by atoms with Crippen LogP contribution in [0.2, 0.25) is 0 Å². The van der Waals surface area contributed by atoms with Gasteiger partial charge in [0.2, 0.25) is 0 Å². The van der Waals surface area contributed by atoms with Crippen LogP contribution in [0.1, 0.15) is 68.1 Å². The molecule has 0 aliphatic carbocycles. The van der Waals surface area contributed by atoms with Crippen molar-refractivity contribution in [2.75, 3.05) is 24.5 Å². The van der Waals surface area contributed by atoms with Gasteiger partial charge in [0.05, 0.1) is 23.5 Å². The Hall–Kier alpha value is -3.48. The smallest absolute Gasteiger partial charge is 0.327 e. The minimum Gasteiger partial charge on any atom is -0.392 e. The number of anilines is 1. The molecule has 0 atom stereocenters. The van der Waals surface area contributed by atoms with Gasteiger partial charge in [-0.2, -0.15) is 5.26 Å². The van der Waals surface area contributed by atoms with Crippen molar-refractivity contribution in [1.82, 2.24) is 15.2 Å². The third-order valence-corrected chi connectivity index (χ3v) is 6.56. The van der Waals surface area contributed by atoms with Gasteiger partial charge in [0, 0.05) is 30.9 Å². The van der Waals surface area contributed by atoms with Crippen molar-refractivity contribution in [3.05, 3.63) is 58.1 Å². The van der Waals surface area contributed by atoms with E-state index >= 15 is 0 Å². The standard InChI is InChI=1S/C27H35N5O4/c1-4-5-7-21(16-28)24(31-12-9-27(3,36)10-13-31)14-19(2)29-26(35)32-11-6-8-20-15-22(17-33)23(18-34)30-25(20)32/h5,7,14-15,18,33,36H,4,6,8-13,17H2,1-3H3,(H,29,35)/b7-5+,19-14+,24-21-. The van der Waals surface area contributed by atoms with Crippen molar-refractivity contribution in [3.8, 4) is 6.07 Å². The summed E-state index contributed by atoms with van der Waals surface area (Å²) >= 11 is 0. The number of hydrogen-bond acceptors (Lipinski definition) is 7. The van der Waals surface area contributed by atoms with Crippen LogP contribution in [0.5, 0.6) is 0 Å².